The second-order valence-corrected chi connectivity index (χ2v) is 5.52. The molecule has 0 amide bonds. The van der Waals surface area contributed by atoms with Gasteiger partial charge in [-0.25, -0.2) is 14.4 Å². The number of benzene rings is 1. The topological polar surface area (TPSA) is 54.9 Å². The Bertz CT molecular complexity index is 697. The van der Waals surface area contributed by atoms with E-state index in [1.165, 1.54) is 12.1 Å². The van der Waals surface area contributed by atoms with E-state index in [-0.39, 0.29) is 11.6 Å². The number of aryl methyl sites for hydroxylation is 1. The van der Waals surface area contributed by atoms with Crippen LogP contribution in [0, 0.1) is 18.7 Å². The van der Waals surface area contributed by atoms with Gasteiger partial charge >= 0.3 is 0 Å². The maximum atomic E-state index is 12.9. The average Bonchev–Trinajstić information content (AvgIpc) is 2.40. The number of carbonyl (C=O) groups excluding carboxylic acids is 1. The monoisotopic (exact) mass is 285 g/mol. The van der Waals surface area contributed by atoms with Crippen molar-refractivity contribution in [3.05, 3.63) is 47.0 Å². The number of nitrogens with zero attached hydrogens (tertiary/aromatic N) is 2. The van der Waals surface area contributed by atoms with E-state index in [9.17, 15) is 9.18 Å². The smallest absolute Gasteiger partial charge is 0.227 e. The molecule has 0 spiro atoms. The Labute approximate surface area is 122 Å². The Morgan fingerprint density at radius 3 is 2.62 bits per heavy atom. The van der Waals surface area contributed by atoms with Gasteiger partial charge in [0.15, 0.2) is 5.78 Å². The SMILES string of the molecule is Cc1nc(Nc2ccc(F)cc2)nc2c1C(=O)CC(C)C2. The quantitative estimate of drug-likeness (QED) is 0.918. The molecule has 0 saturated heterocycles. The van der Waals surface area contributed by atoms with Crippen molar-refractivity contribution in [1.29, 1.82) is 0 Å². The van der Waals surface area contributed by atoms with Gasteiger partial charge in [-0.1, -0.05) is 6.92 Å². The molecule has 21 heavy (non-hydrogen) atoms. The van der Waals surface area contributed by atoms with Gasteiger partial charge < -0.3 is 5.32 Å². The van der Waals surface area contributed by atoms with Gasteiger partial charge in [0.1, 0.15) is 5.82 Å². The number of ketones is 1. The largest absolute Gasteiger partial charge is 0.324 e. The maximum absolute atomic E-state index is 12.9. The summed E-state index contributed by atoms with van der Waals surface area (Å²) >= 11 is 0. The van der Waals surface area contributed by atoms with Crippen molar-refractivity contribution in [2.45, 2.75) is 26.7 Å². The first-order chi connectivity index (χ1) is 10.0. The normalized spacial score (nSPS) is 17.5. The standard InChI is InChI=1S/C16H16FN3O/c1-9-7-13-15(14(21)8-9)10(2)18-16(20-13)19-12-5-3-11(17)4-6-12/h3-6,9H,7-8H2,1-2H3,(H,18,19,20). The van der Waals surface area contributed by atoms with Gasteiger partial charge in [-0.3, -0.25) is 4.79 Å². The van der Waals surface area contributed by atoms with Gasteiger partial charge in [0.05, 0.1) is 17.0 Å². The van der Waals surface area contributed by atoms with Crippen molar-refractivity contribution in [1.82, 2.24) is 9.97 Å². The van der Waals surface area contributed by atoms with Crippen LogP contribution in [0.1, 0.15) is 35.1 Å². The number of carbonyl (C=O) groups is 1. The fraction of sp³-hybridized carbons (Fsp3) is 0.312. The summed E-state index contributed by atoms with van der Waals surface area (Å²) in [6.07, 6.45) is 1.34. The minimum atomic E-state index is -0.289. The summed E-state index contributed by atoms with van der Waals surface area (Å²) in [5.74, 6) is 0.579. The third kappa shape index (κ3) is 2.77. The zero-order valence-electron chi connectivity index (χ0n) is 12.0. The molecule has 1 atom stereocenters. The van der Waals surface area contributed by atoms with Crippen LogP contribution in [-0.4, -0.2) is 15.8 Å². The Morgan fingerprint density at radius 1 is 1.19 bits per heavy atom. The molecule has 3 rings (SSSR count). The van der Waals surface area contributed by atoms with Crippen LogP contribution >= 0.6 is 0 Å². The molecule has 0 fully saturated rings. The number of anilines is 2. The lowest BCUT2D eigenvalue weighted by Gasteiger charge is -2.21. The predicted molar refractivity (Wildman–Crippen MR) is 78.3 cm³/mol. The Kier molecular flexibility index (Phi) is 3.41. The third-order valence-electron chi connectivity index (χ3n) is 3.62. The van der Waals surface area contributed by atoms with Crippen LogP contribution in [0.25, 0.3) is 0 Å². The third-order valence-corrected chi connectivity index (χ3v) is 3.62. The highest BCUT2D eigenvalue weighted by Gasteiger charge is 2.26. The summed E-state index contributed by atoms with van der Waals surface area (Å²) in [5, 5.41) is 3.05. The Balaban J connectivity index is 1.94. The minimum absolute atomic E-state index is 0.120. The van der Waals surface area contributed by atoms with Gasteiger partial charge in [-0.05, 0) is 43.5 Å². The summed E-state index contributed by atoms with van der Waals surface area (Å²) in [4.78, 5) is 20.9. The second-order valence-electron chi connectivity index (χ2n) is 5.52. The molecule has 0 bridgehead atoms. The molecule has 4 nitrogen and oxygen atoms in total. The highest BCUT2D eigenvalue weighted by atomic mass is 19.1. The van der Waals surface area contributed by atoms with E-state index in [0.29, 0.717) is 35.2 Å². The van der Waals surface area contributed by atoms with Crippen molar-refractivity contribution < 1.29 is 9.18 Å². The molecule has 1 heterocycles. The molecule has 108 valence electrons. The number of halogens is 1. The Hall–Kier alpha value is -2.30. The molecule has 1 unspecified atom stereocenters. The molecule has 0 saturated carbocycles. The van der Waals surface area contributed by atoms with E-state index < -0.39 is 0 Å². The maximum Gasteiger partial charge on any atom is 0.227 e. The van der Waals surface area contributed by atoms with Crippen LogP contribution in [0.3, 0.4) is 0 Å². The number of nitrogens with one attached hydrogen (secondary N) is 1. The van der Waals surface area contributed by atoms with Crippen LogP contribution in [0.2, 0.25) is 0 Å². The van der Waals surface area contributed by atoms with Crippen LogP contribution < -0.4 is 5.32 Å². The van der Waals surface area contributed by atoms with Crippen LogP contribution in [0.5, 0.6) is 0 Å². The number of Topliss-reactive ketones (excluding diaryl/α,β-unsaturated/α-hetero) is 1. The molecule has 1 N–H and O–H groups in total. The number of hydrogen-bond donors (Lipinski definition) is 1. The second kappa shape index (κ2) is 5.24. The van der Waals surface area contributed by atoms with Crippen molar-refractivity contribution in [3.63, 3.8) is 0 Å². The highest BCUT2D eigenvalue weighted by molar-refractivity contribution is 5.99. The van der Waals surface area contributed by atoms with E-state index in [4.69, 9.17) is 0 Å². The highest BCUT2D eigenvalue weighted by Crippen LogP contribution is 2.27. The molecule has 5 heteroatoms. The van der Waals surface area contributed by atoms with E-state index >= 15 is 0 Å². The fourth-order valence-corrected chi connectivity index (χ4v) is 2.68. The van der Waals surface area contributed by atoms with Crippen molar-refractivity contribution in [2.24, 2.45) is 5.92 Å². The van der Waals surface area contributed by atoms with E-state index in [1.54, 1.807) is 12.1 Å². The summed E-state index contributed by atoms with van der Waals surface area (Å²) in [5.41, 5.74) is 2.88. The van der Waals surface area contributed by atoms with Gasteiger partial charge in [0, 0.05) is 12.1 Å². The summed E-state index contributed by atoms with van der Waals surface area (Å²) in [6.45, 7) is 3.87. The van der Waals surface area contributed by atoms with Crippen LogP contribution in [-0.2, 0) is 6.42 Å². The minimum Gasteiger partial charge on any atom is -0.324 e. The van der Waals surface area contributed by atoms with Gasteiger partial charge in [-0.15, -0.1) is 0 Å². The predicted octanol–water partition coefficient (Wildman–Crippen LogP) is 3.43. The summed E-state index contributed by atoms with van der Waals surface area (Å²) in [7, 11) is 0. The number of hydrogen-bond acceptors (Lipinski definition) is 4. The van der Waals surface area contributed by atoms with E-state index in [0.717, 1.165) is 12.1 Å². The van der Waals surface area contributed by atoms with Crippen molar-refractivity contribution in [2.75, 3.05) is 5.32 Å². The van der Waals surface area contributed by atoms with E-state index in [1.807, 2.05) is 13.8 Å². The lowest BCUT2D eigenvalue weighted by atomic mass is 9.86. The Morgan fingerprint density at radius 2 is 1.90 bits per heavy atom. The summed E-state index contributed by atoms with van der Waals surface area (Å²) in [6, 6.07) is 6.00. The zero-order chi connectivity index (χ0) is 15.0. The molecule has 1 aromatic carbocycles. The molecule has 1 aliphatic rings. The number of rotatable bonds is 2. The molecule has 1 aromatic heterocycles. The lowest BCUT2D eigenvalue weighted by molar-refractivity contribution is 0.0951. The molecule has 2 aromatic rings. The molecule has 0 radical (unpaired) electrons. The van der Waals surface area contributed by atoms with Crippen LogP contribution in [0.4, 0.5) is 16.0 Å². The number of fused-ring (bicyclic) bond motifs is 1. The van der Waals surface area contributed by atoms with Gasteiger partial charge in [0.2, 0.25) is 5.95 Å². The fourth-order valence-electron chi connectivity index (χ4n) is 2.68. The van der Waals surface area contributed by atoms with E-state index in [2.05, 4.69) is 15.3 Å². The van der Waals surface area contributed by atoms with Crippen molar-refractivity contribution in [3.8, 4) is 0 Å². The van der Waals surface area contributed by atoms with Crippen molar-refractivity contribution >= 4 is 17.4 Å². The van der Waals surface area contributed by atoms with Gasteiger partial charge in [-0.2, -0.15) is 0 Å². The molecule has 0 aliphatic heterocycles. The first-order valence-corrected chi connectivity index (χ1v) is 6.96. The molecular formula is C16H16FN3O. The molecular weight excluding hydrogens is 269 g/mol. The van der Waals surface area contributed by atoms with Crippen LogP contribution in [0.15, 0.2) is 24.3 Å². The first-order valence-electron chi connectivity index (χ1n) is 6.96. The summed E-state index contributed by atoms with van der Waals surface area (Å²) < 4.78 is 12.9. The zero-order valence-corrected chi connectivity index (χ0v) is 12.0. The van der Waals surface area contributed by atoms with Gasteiger partial charge in [0.25, 0.3) is 0 Å². The average molecular weight is 285 g/mol. The number of aromatic nitrogens is 2. The lowest BCUT2D eigenvalue weighted by Crippen LogP contribution is -2.22. The first kappa shape index (κ1) is 13.7. The molecule has 1 aliphatic carbocycles.